The molecule has 0 bridgehead atoms. The first-order chi connectivity index (χ1) is 13.9. The zero-order valence-corrected chi connectivity index (χ0v) is 17.0. The van der Waals surface area contributed by atoms with Crippen LogP contribution in [-0.2, 0) is 16.6 Å². The monoisotopic (exact) mass is 389 g/mol. The molecular weight excluding hydrogens is 366 g/mol. The topological polar surface area (TPSA) is 65.7 Å². The van der Waals surface area contributed by atoms with E-state index in [9.17, 15) is 4.79 Å². The summed E-state index contributed by atoms with van der Waals surface area (Å²) in [6.45, 7) is 11.5. The van der Waals surface area contributed by atoms with Gasteiger partial charge in [-0.2, -0.15) is 4.98 Å². The molecule has 1 aromatic heterocycles. The number of para-hydroxylation sites is 1. The average Bonchev–Trinajstić information content (AvgIpc) is 2.75. The SMILES string of the molecule is [C-]#[N+]C1=C[C@]2(C)c3nc(-c4ccccc4OC)nc(OC)c3CC[C@H]2[C@H](C)C1=O. The highest BCUT2D eigenvalue weighted by atomic mass is 16.5. The van der Waals surface area contributed by atoms with Crippen molar-refractivity contribution in [3.63, 3.8) is 0 Å². The van der Waals surface area contributed by atoms with Crippen molar-refractivity contribution in [2.75, 3.05) is 14.2 Å². The Balaban J connectivity index is 1.99. The molecule has 0 aliphatic heterocycles. The highest BCUT2D eigenvalue weighted by Crippen LogP contribution is 2.51. The Morgan fingerprint density at radius 3 is 2.66 bits per heavy atom. The summed E-state index contributed by atoms with van der Waals surface area (Å²) in [6, 6.07) is 7.59. The molecule has 29 heavy (non-hydrogen) atoms. The van der Waals surface area contributed by atoms with Crippen molar-refractivity contribution in [2.45, 2.75) is 32.1 Å². The van der Waals surface area contributed by atoms with Crippen molar-refractivity contribution >= 4 is 5.78 Å². The van der Waals surface area contributed by atoms with E-state index in [2.05, 4.69) is 16.8 Å². The number of ether oxygens (including phenoxy) is 2. The summed E-state index contributed by atoms with van der Waals surface area (Å²) in [5.74, 6) is 1.52. The third-order valence-electron chi connectivity index (χ3n) is 6.32. The molecule has 4 rings (SSSR count). The van der Waals surface area contributed by atoms with Crippen LogP contribution in [0, 0.1) is 18.4 Å². The van der Waals surface area contributed by atoms with E-state index in [1.165, 1.54) is 0 Å². The summed E-state index contributed by atoms with van der Waals surface area (Å²) in [7, 11) is 3.22. The van der Waals surface area contributed by atoms with Crippen LogP contribution in [0.25, 0.3) is 16.2 Å². The summed E-state index contributed by atoms with van der Waals surface area (Å²) >= 11 is 0. The molecule has 6 heteroatoms. The number of aromatic nitrogens is 2. The number of carbonyl (C=O) groups excluding carboxylic acids is 1. The van der Waals surface area contributed by atoms with Crippen LogP contribution in [0.2, 0.25) is 0 Å². The van der Waals surface area contributed by atoms with Crippen LogP contribution in [0.1, 0.15) is 31.5 Å². The third kappa shape index (κ3) is 2.80. The number of Topliss-reactive ketones (excluding diaryl/α,β-unsaturated/α-hetero) is 1. The van der Waals surface area contributed by atoms with Gasteiger partial charge in [0.25, 0.3) is 0 Å². The van der Waals surface area contributed by atoms with Crippen LogP contribution in [0.15, 0.2) is 36.0 Å². The highest BCUT2D eigenvalue weighted by molar-refractivity contribution is 6.00. The van der Waals surface area contributed by atoms with Crippen molar-refractivity contribution < 1.29 is 14.3 Å². The molecule has 0 N–H and O–H groups in total. The third-order valence-corrected chi connectivity index (χ3v) is 6.32. The van der Waals surface area contributed by atoms with Gasteiger partial charge in [-0.1, -0.05) is 32.1 Å². The zero-order valence-electron chi connectivity index (χ0n) is 17.0. The Kier molecular flexibility index (Phi) is 4.62. The molecule has 3 atom stereocenters. The summed E-state index contributed by atoms with van der Waals surface area (Å²) in [4.78, 5) is 25.7. The zero-order chi connectivity index (χ0) is 20.8. The van der Waals surface area contributed by atoms with E-state index in [1.54, 1.807) is 14.2 Å². The molecule has 0 saturated heterocycles. The van der Waals surface area contributed by atoms with Gasteiger partial charge in [0.05, 0.1) is 32.0 Å². The Morgan fingerprint density at radius 2 is 1.97 bits per heavy atom. The lowest BCUT2D eigenvalue weighted by atomic mass is 9.58. The van der Waals surface area contributed by atoms with Gasteiger partial charge in [0.15, 0.2) is 11.6 Å². The van der Waals surface area contributed by atoms with E-state index in [0.29, 0.717) is 17.5 Å². The minimum atomic E-state index is -0.534. The maximum Gasteiger partial charge on any atom is 0.226 e. The smallest absolute Gasteiger partial charge is 0.226 e. The van der Waals surface area contributed by atoms with E-state index < -0.39 is 5.41 Å². The lowest BCUT2D eigenvalue weighted by Crippen LogP contribution is -2.46. The normalized spacial score (nSPS) is 25.3. The van der Waals surface area contributed by atoms with Gasteiger partial charge in [-0.15, -0.1) is 0 Å². The van der Waals surface area contributed by atoms with Gasteiger partial charge in [0.1, 0.15) is 5.75 Å². The second-order valence-corrected chi connectivity index (χ2v) is 7.81. The van der Waals surface area contributed by atoms with Crippen LogP contribution in [0.5, 0.6) is 11.6 Å². The molecule has 2 aromatic rings. The Hall–Kier alpha value is -3.20. The quantitative estimate of drug-likeness (QED) is 0.743. The van der Waals surface area contributed by atoms with E-state index >= 15 is 0 Å². The molecule has 1 heterocycles. The number of allylic oxidation sites excluding steroid dienone is 2. The van der Waals surface area contributed by atoms with Gasteiger partial charge in [-0.05, 0) is 30.9 Å². The Morgan fingerprint density at radius 1 is 1.21 bits per heavy atom. The molecule has 2 aliphatic rings. The van der Waals surface area contributed by atoms with Crippen LogP contribution in [-0.4, -0.2) is 30.0 Å². The van der Waals surface area contributed by atoms with Crippen molar-refractivity contribution in [1.29, 1.82) is 0 Å². The standard InChI is InChI=1S/C23H23N3O3/c1-13-16-11-10-15-20(23(16,2)12-17(24-3)19(13)27)25-21(26-22(15)29-5)14-8-6-7-9-18(14)28-4/h6-9,12-13,16H,10-11H2,1-2,4-5H3/t13-,16-,23-/m0/s1. The van der Waals surface area contributed by atoms with Crippen molar-refractivity contribution in [3.8, 4) is 23.0 Å². The molecule has 0 fully saturated rings. The maximum atomic E-state index is 12.6. The van der Waals surface area contributed by atoms with Gasteiger partial charge < -0.3 is 14.3 Å². The minimum Gasteiger partial charge on any atom is -0.496 e. The second-order valence-electron chi connectivity index (χ2n) is 7.81. The fourth-order valence-corrected chi connectivity index (χ4v) is 4.83. The molecule has 0 saturated carbocycles. The molecular formula is C23H23N3O3. The van der Waals surface area contributed by atoms with Crippen molar-refractivity contribution in [2.24, 2.45) is 11.8 Å². The first-order valence-electron chi connectivity index (χ1n) is 9.68. The van der Waals surface area contributed by atoms with Gasteiger partial charge in [0, 0.05) is 16.9 Å². The minimum absolute atomic E-state index is 0.0723. The van der Waals surface area contributed by atoms with Crippen LogP contribution in [0.4, 0.5) is 0 Å². The first kappa shape index (κ1) is 19.1. The molecule has 1 aromatic carbocycles. The van der Waals surface area contributed by atoms with E-state index in [0.717, 1.165) is 29.7 Å². The molecule has 0 spiro atoms. The van der Waals surface area contributed by atoms with Gasteiger partial charge in [-0.3, -0.25) is 0 Å². The molecule has 0 amide bonds. The number of ketones is 1. The molecule has 148 valence electrons. The van der Waals surface area contributed by atoms with Gasteiger partial charge >= 0.3 is 0 Å². The number of fused-ring (bicyclic) bond motifs is 3. The Bertz CT molecular complexity index is 1070. The number of carbonyl (C=O) groups is 1. The lowest BCUT2D eigenvalue weighted by Gasteiger charge is -2.45. The number of hydrogen-bond donors (Lipinski definition) is 0. The molecule has 6 nitrogen and oxygen atoms in total. The van der Waals surface area contributed by atoms with Crippen LogP contribution in [0.3, 0.4) is 0 Å². The summed E-state index contributed by atoms with van der Waals surface area (Å²) in [6.07, 6.45) is 3.37. The first-order valence-corrected chi connectivity index (χ1v) is 9.68. The van der Waals surface area contributed by atoms with Gasteiger partial charge in [-0.25, -0.2) is 9.83 Å². The second kappa shape index (κ2) is 7.00. The Labute approximate surface area is 170 Å². The number of nitrogens with zero attached hydrogens (tertiary/aromatic N) is 3. The molecule has 0 unspecified atom stereocenters. The van der Waals surface area contributed by atoms with E-state index in [4.69, 9.17) is 21.0 Å². The fraction of sp³-hybridized carbons (Fsp3) is 0.391. The largest absolute Gasteiger partial charge is 0.496 e. The van der Waals surface area contributed by atoms with Gasteiger partial charge in [0.2, 0.25) is 11.6 Å². The molecule has 2 aliphatic carbocycles. The van der Waals surface area contributed by atoms with Crippen LogP contribution < -0.4 is 9.47 Å². The number of hydrogen-bond acceptors (Lipinski definition) is 5. The number of methoxy groups -OCH3 is 2. The van der Waals surface area contributed by atoms with E-state index in [1.807, 2.05) is 37.3 Å². The van der Waals surface area contributed by atoms with Crippen LogP contribution >= 0.6 is 0 Å². The van der Waals surface area contributed by atoms with E-state index in [-0.39, 0.29) is 23.3 Å². The predicted molar refractivity (Wildman–Crippen MR) is 109 cm³/mol. The predicted octanol–water partition coefficient (Wildman–Crippen LogP) is 4.00. The summed E-state index contributed by atoms with van der Waals surface area (Å²) < 4.78 is 11.1. The lowest BCUT2D eigenvalue weighted by molar-refractivity contribution is -0.121. The fourth-order valence-electron chi connectivity index (χ4n) is 4.83. The molecule has 0 radical (unpaired) electrons. The van der Waals surface area contributed by atoms with Crippen molar-refractivity contribution in [3.05, 3.63) is 58.7 Å². The average molecular weight is 389 g/mol. The number of benzene rings is 1. The maximum absolute atomic E-state index is 12.6. The number of rotatable bonds is 3. The van der Waals surface area contributed by atoms with Crippen molar-refractivity contribution in [1.82, 2.24) is 9.97 Å². The highest BCUT2D eigenvalue weighted by Gasteiger charge is 2.49. The summed E-state index contributed by atoms with van der Waals surface area (Å²) in [5, 5.41) is 0. The summed E-state index contributed by atoms with van der Waals surface area (Å²) in [5.41, 5.74) is 2.22.